The van der Waals surface area contributed by atoms with Crippen LogP contribution in [0.3, 0.4) is 0 Å². The first-order chi connectivity index (χ1) is 9.91. The second-order valence-corrected chi connectivity index (χ2v) is 5.16. The van der Waals surface area contributed by atoms with Gasteiger partial charge in [0.25, 0.3) is 5.91 Å². The van der Waals surface area contributed by atoms with E-state index in [1.165, 1.54) is 4.90 Å². The van der Waals surface area contributed by atoms with Crippen LogP contribution in [-0.2, 0) is 0 Å². The first-order valence-electron chi connectivity index (χ1n) is 6.38. The Balaban J connectivity index is 2.30. The van der Waals surface area contributed by atoms with Crippen LogP contribution in [0.15, 0.2) is 42.5 Å². The third-order valence-electron chi connectivity index (χ3n) is 3.38. The first kappa shape index (κ1) is 15.0. The molecule has 1 amide bonds. The van der Waals surface area contributed by atoms with Gasteiger partial charge in [-0.05, 0) is 43.3 Å². The van der Waals surface area contributed by atoms with Crippen LogP contribution >= 0.6 is 12.2 Å². The number of amides is 1. The fraction of sp³-hybridized carbons (Fsp3) is 0.125. The highest BCUT2D eigenvalue weighted by Crippen LogP contribution is 2.23. The Morgan fingerprint density at radius 3 is 2.38 bits per heavy atom. The van der Waals surface area contributed by atoms with Crippen LogP contribution in [0.25, 0.3) is 0 Å². The second kappa shape index (κ2) is 5.93. The number of thiocarbonyl (C=S) groups is 1. The SMILES string of the molecule is Cc1c(O)cccc1C(=O)N(C)c1ccc(C(N)=S)cc1. The molecule has 108 valence electrons. The number of anilines is 1. The van der Waals surface area contributed by atoms with Gasteiger partial charge in [-0.15, -0.1) is 0 Å². The van der Waals surface area contributed by atoms with E-state index < -0.39 is 0 Å². The lowest BCUT2D eigenvalue weighted by atomic mass is 10.1. The molecule has 0 fully saturated rings. The monoisotopic (exact) mass is 300 g/mol. The molecule has 2 aromatic carbocycles. The van der Waals surface area contributed by atoms with E-state index in [1.807, 2.05) is 0 Å². The summed E-state index contributed by atoms with van der Waals surface area (Å²) in [5.41, 5.74) is 8.06. The molecule has 5 heteroatoms. The standard InChI is InChI=1S/C16H16N2O2S/c1-10-13(4-3-5-14(10)19)16(20)18(2)12-8-6-11(7-9-12)15(17)21/h3-9,19H,1-2H3,(H2,17,21). The van der Waals surface area contributed by atoms with Gasteiger partial charge in [0.15, 0.2) is 0 Å². The molecule has 0 radical (unpaired) electrons. The van der Waals surface area contributed by atoms with Crippen LogP contribution < -0.4 is 10.6 Å². The number of aromatic hydroxyl groups is 1. The average Bonchev–Trinajstić information content (AvgIpc) is 2.48. The van der Waals surface area contributed by atoms with Crippen molar-refractivity contribution >= 4 is 28.8 Å². The van der Waals surface area contributed by atoms with Crippen molar-refractivity contribution in [3.63, 3.8) is 0 Å². The van der Waals surface area contributed by atoms with Crippen molar-refractivity contribution in [3.05, 3.63) is 59.2 Å². The number of nitrogens with zero attached hydrogens (tertiary/aromatic N) is 1. The highest BCUT2D eigenvalue weighted by molar-refractivity contribution is 7.80. The third-order valence-corrected chi connectivity index (χ3v) is 3.62. The van der Waals surface area contributed by atoms with Crippen LogP contribution in [0.4, 0.5) is 5.69 Å². The van der Waals surface area contributed by atoms with Gasteiger partial charge in [-0.2, -0.15) is 0 Å². The van der Waals surface area contributed by atoms with Gasteiger partial charge >= 0.3 is 0 Å². The Bertz CT molecular complexity index is 696. The number of phenolic OH excluding ortho intramolecular Hbond substituents is 1. The molecule has 21 heavy (non-hydrogen) atoms. The molecule has 0 spiro atoms. The number of phenols is 1. The van der Waals surface area contributed by atoms with Crippen molar-refractivity contribution in [3.8, 4) is 5.75 Å². The van der Waals surface area contributed by atoms with Crippen molar-refractivity contribution < 1.29 is 9.90 Å². The summed E-state index contributed by atoms with van der Waals surface area (Å²) < 4.78 is 0. The Kier molecular flexibility index (Phi) is 4.23. The molecule has 0 aliphatic heterocycles. The molecule has 0 atom stereocenters. The Labute approximate surface area is 128 Å². The Hall–Kier alpha value is -2.40. The summed E-state index contributed by atoms with van der Waals surface area (Å²) in [4.78, 5) is 14.3. The molecular weight excluding hydrogens is 284 g/mol. The Morgan fingerprint density at radius 2 is 1.81 bits per heavy atom. The fourth-order valence-corrected chi connectivity index (χ4v) is 2.14. The lowest BCUT2D eigenvalue weighted by Gasteiger charge is -2.19. The van der Waals surface area contributed by atoms with Gasteiger partial charge in [0, 0.05) is 29.4 Å². The number of carbonyl (C=O) groups is 1. The maximum atomic E-state index is 12.5. The summed E-state index contributed by atoms with van der Waals surface area (Å²) in [6.07, 6.45) is 0. The molecule has 0 aromatic heterocycles. The lowest BCUT2D eigenvalue weighted by Crippen LogP contribution is -2.27. The van der Waals surface area contributed by atoms with E-state index in [1.54, 1.807) is 56.4 Å². The number of benzene rings is 2. The van der Waals surface area contributed by atoms with E-state index in [9.17, 15) is 9.90 Å². The fourth-order valence-electron chi connectivity index (χ4n) is 2.00. The van der Waals surface area contributed by atoms with Gasteiger partial charge in [0.05, 0.1) is 0 Å². The van der Waals surface area contributed by atoms with Crippen molar-refractivity contribution in [2.45, 2.75) is 6.92 Å². The van der Waals surface area contributed by atoms with Gasteiger partial charge in [-0.25, -0.2) is 0 Å². The van der Waals surface area contributed by atoms with E-state index >= 15 is 0 Å². The van der Waals surface area contributed by atoms with E-state index in [4.69, 9.17) is 18.0 Å². The van der Waals surface area contributed by atoms with Crippen LogP contribution in [0, 0.1) is 6.92 Å². The Morgan fingerprint density at radius 1 is 1.19 bits per heavy atom. The summed E-state index contributed by atoms with van der Waals surface area (Å²) in [7, 11) is 1.68. The average molecular weight is 300 g/mol. The normalized spacial score (nSPS) is 10.2. The predicted octanol–water partition coefficient (Wildman–Crippen LogP) is 2.61. The zero-order chi connectivity index (χ0) is 15.6. The summed E-state index contributed by atoms with van der Waals surface area (Å²) >= 11 is 4.90. The predicted molar refractivity (Wildman–Crippen MR) is 87.9 cm³/mol. The topological polar surface area (TPSA) is 66.6 Å². The first-order valence-corrected chi connectivity index (χ1v) is 6.79. The van der Waals surface area contributed by atoms with Gasteiger partial charge in [0.2, 0.25) is 0 Å². The molecule has 3 N–H and O–H groups in total. The van der Waals surface area contributed by atoms with Gasteiger partial charge in [-0.1, -0.05) is 18.3 Å². The number of carbonyl (C=O) groups excluding carboxylic acids is 1. The molecule has 0 saturated carbocycles. The van der Waals surface area contributed by atoms with Crippen LogP contribution in [0.5, 0.6) is 5.75 Å². The minimum Gasteiger partial charge on any atom is -0.508 e. The molecule has 2 aromatic rings. The third kappa shape index (κ3) is 3.03. The highest BCUT2D eigenvalue weighted by Gasteiger charge is 2.17. The smallest absolute Gasteiger partial charge is 0.258 e. The minimum atomic E-state index is -0.188. The number of hydrogen-bond donors (Lipinski definition) is 2. The summed E-state index contributed by atoms with van der Waals surface area (Å²) in [6.45, 7) is 1.71. The molecule has 2 rings (SSSR count). The summed E-state index contributed by atoms with van der Waals surface area (Å²) in [6, 6.07) is 12.0. The second-order valence-electron chi connectivity index (χ2n) is 4.72. The van der Waals surface area contributed by atoms with Crippen LogP contribution in [-0.4, -0.2) is 23.0 Å². The molecule has 0 heterocycles. The quantitative estimate of drug-likeness (QED) is 0.855. The van der Waals surface area contributed by atoms with Crippen LogP contribution in [0.1, 0.15) is 21.5 Å². The highest BCUT2D eigenvalue weighted by atomic mass is 32.1. The van der Waals surface area contributed by atoms with E-state index in [0.29, 0.717) is 16.1 Å². The van der Waals surface area contributed by atoms with E-state index in [2.05, 4.69) is 0 Å². The molecule has 0 bridgehead atoms. The number of nitrogens with two attached hydrogens (primary N) is 1. The molecule has 4 nitrogen and oxygen atoms in total. The van der Waals surface area contributed by atoms with Gasteiger partial charge in [-0.3, -0.25) is 4.79 Å². The molecule has 0 saturated heterocycles. The van der Waals surface area contributed by atoms with Crippen molar-refractivity contribution in [2.75, 3.05) is 11.9 Å². The van der Waals surface area contributed by atoms with Gasteiger partial charge in [0.1, 0.15) is 10.7 Å². The maximum Gasteiger partial charge on any atom is 0.258 e. The van der Waals surface area contributed by atoms with Crippen molar-refractivity contribution in [1.29, 1.82) is 0 Å². The summed E-state index contributed by atoms with van der Waals surface area (Å²) in [5, 5.41) is 9.70. The number of hydrogen-bond acceptors (Lipinski definition) is 3. The minimum absolute atomic E-state index is 0.109. The van der Waals surface area contributed by atoms with Gasteiger partial charge < -0.3 is 15.7 Å². The molecule has 0 unspecified atom stereocenters. The lowest BCUT2D eigenvalue weighted by molar-refractivity contribution is 0.0992. The van der Waals surface area contributed by atoms with Crippen LogP contribution in [0.2, 0.25) is 0 Å². The largest absolute Gasteiger partial charge is 0.508 e. The van der Waals surface area contributed by atoms with Crippen molar-refractivity contribution in [1.82, 2.24) is 0 Å². The zero-order valence-electron chi connectivity index (χ0n) is 11.8. The molecular formula is C16H16N2O2S. The number of rotatable bonds is 3. The van der Waals surface area contributed by atoms with E-state index in [-0.39, 0.29) is 11.7 Å². The van der Waals surface area contributed by atoms with E-state index in [0.717, 1.165) is 11.3 Å². The molecule has 0 aliphatic carbocycles. The zero-order valence-corrected chi connectivity index (χ0v) is 12.6. The van der Waals surface area contributed by atoms with Crippen molar-refractivity contribution in [2.24, 2.45) is 5.73 Å². The molecule has 0 aliphatic rings. The maximum absolute atomic E-state index is 12.5. The summed E-state index contributed by atoms with van der Waals surface area (Å²) in [5.74, 6) is -0.0791.